The van der Waals surface area contributed by atoms with E-state index in [9.17, 15) is 4.79 Å². The molecule has 3 nitrogen and oxygen atoms in total. The minimum Gasteiger partial charge on any atom is -0.338 e. The quantitative estimate of drug-likeness (QED) is 0.799. The molecule has 0 radical (unpaired) electrons. The Balaban J connectivity index is 1.69. The first kappa shape index (κ1) is 11.0. The second kappa shape index (κ2) is 5.01. The Labute approximate surface area is 96.2 Å². The van der Waals surface area contributed by atoms with Crippen molar-refractivity contribution in [1.29, 1.82) is 0 Å². The van der Waals surface area contributed by atoms with Crippen molar-refractivity contribution in [2.45, 2.75) is 26.3 Å². The summed E-state index contributed by atoms with van der Waals surface area (Å²) in [6.45, 7) is 3.47. The highest BCUT2D eigenvalue weighted by molar-refractivity contribution is 5.73. The Kier molecular flexibility index (Phi) is 3.44. The van der Waals surface area contributed by atoms with Crippen molar-refractivity contribution in [3.05, 3.63) is 35.4 Å². The van der Waals surface area contributed by atoms with Crippen LogP contribution >= 0.6 is 0 Å². The van der Waals surface area contributed by atoms with Crippen molar-refractivity contribution in [3.8, 4) is 0 Å². The van der Waals surface area contributed by atoms with Crippen LogP contribution in [0.2, 0.25) is 0 Å². The van der Waals surface area contributed by atoms with Gasteiger partial charge in [0, 0.05) is 13.1 Å². The summed E-state index contributed by atoms with van der Waals surface area (Å²) in [6, 6.07) is 8.12. The zero-order chi connectivity index (χ0) is 11.4. The fraction of sp³-hybridized carbons (Fsp3) is 0.462. The fourth-order valence-electron chi connectivity index (χ4n) is 1.51. The molecule has 1 aromatic carbocycles. The number of aryl methyl sites for hydroxylation is 1. The fourth-order valence-corrected chi connectivity index (χ4v) is 1.51. The van der Waals surface area contributed by atoms with Crippen LogP contribution in [0.1, 0.15) is 24.0 Å². The van der Waals surface area contributed by atoms with Crippen LogP contribution in [0.25, 0.3) is 0 Å². The normalized spacial score (nSPS) is 14.6. The van der Waals surface area contributed by atoms with E-state index in [1.807, 2.05) is 12.1 Å². The molecule has 1 aliphatic carbocycles. The zero-order valence-corrected chi connectivity index (χ0v) is 9.62. The Morgan fingerprint density at radius 2 is 1.94 bits per heavy atom. The average molecular weight is 218 g/mol. The molecule has 2 rings (SSSR count). The number of nitrogens with one attached hydrogen (secondary N) is 2. The third-order valence-corrected chi connectivity index (χ3v) is 2.82. The van der Waals surface area contributed by atoms with Gasteiger partial charge in [-0.3, -0.25) is 0 Å². The number of rotatable bonds is 4. The van der Waals surface area contributed by atoms with Gasteiger partial charge in [0.2, 0.25) is 0 Å². The molecule has 1 fully saturated rings. The van der Waals surface area contributed by atoms with Crippen molar-refractivity contribution < 1.29 is 4.79 Å². The third kappa shape index (κ3) is 3.57. The van der Waals surface area contributed by atoms with Crippen LogP contribution in [-0.2, 0) is 6.54 Å². The summed E-state index contributed by atoms with van der Waals surface area (Å²) in [7, 11) is 0. The molecule has 16 heavy (non-hydrogen) atoms. The Bertz CT molecular complexity index is 355. The zero-order valence-electron chi connectivity index (χ0n) is 9.62. The number of carbonyl (C=O) groups is 1. The first-order chi connectivity index (χ1) is 7.74. The van der Waals surface area contributed by atoms with E-state index < -0.39 is 0 Å². The predicted octanol–water partition coefficient (Wildman–Crippen LogP) is 2.20. The van der Waals surface area contributed by atoms with Gasteiger partial charge in [-0.1, -0.05) is 29.8 Å². The minimum atomic E-state index is -0.0625. The molecule has 0 bridgehead atoms. The smallest absolute Gasteiger partial charge is 0.315 e. The first-order valence-electron chi connectivity index (χ1n) is 5.81. The highest BCUT2D eigenvalue weighted by Gasteiger charge is 2.21. The molecule has 2 amide bonds. The maximum Gasteiger partial charge on any atom is 0.315 e. The summed E-state index contributed by atoms with van der Waals surface area (Å²) < 4.78 is 0. The van der Waals surface area contributed by atoms with Gasteiger partial charge < -0.3 is 10.6 Å². The standard InChI is InChI=1S/C13H18N2O/c1-10-2-4-11(5-3-10)8-14-13(16)15-9-12-6-7-12/h2-5,12H,6-9H2,1H3,(H2,14,15,16). The van der Waals surface area contributed by atoms with E-state index in [-0.39, 0.29) is 6.03 Å². The lowest BCUT2D eigenvalue weighted by molar-refractivity contribution is 0.240. The van der Waals surface area contributed by atoms with Gasteiger partial charge in [0.25, 0.3) is 0 Å². The molecule has 0 spiro atoms. The van der Waals surface area contributed by atoms with Gasteiger partial charge in [0.05, 0.1) is 0 Å². The average Bonchev–Trinajstić information content (AvgIpc) is 3.09. The van der Waals surface area contributed by atoms with Crippen LogP contribution in [0.15, 0.2) is 24.3 Å². The van der Waals surface area contributed by atoms with E-state index in [4.69, 9.17) is 0 Å². The molecule has 0 unspecified atom stereocenters. The number of benzene rings is 1. The van der Waals surface area contributed by atoms with E-state index in [1.165, 1.54) is 18.4 Å². The van der Waals surface area contributed by atoms with Crippen LogP contribution in [0.3, 0.4) is 0 Å². The summed E-state index contributed by atoms with van der Waals surface area (Å²) in [5.41, 5.74) is 2.37. The molecule has 3 heteroatoms. The van der Waals surface area contributed by atoms with Crippen molar-refractivity contribution in [2.75, 3.05) is 6.54 Å². The Hall–Kier alpha value is -1.51. The Morgan fingerprint density at radius 1 is 1.25 bits per heavy atom. The molecule has 0 saturated heterocycles. The number of carbonyl (C=O) groups excluding carboxylic acids is 1. The van der Waals surface area contributed by atoms with Gasteiger partial charge in [0.15, 0.2) is 0 Å². The predicted molar refractivity (Wildman–Crippen MR) is 64.1 cm³/mol. The van der Waals surface area contributed by atoms with E-state index in [1.54, 1.807) is 0 Å². The third-order valence-electron chi connectivity index (χ3n) is 2.82. The molecule has 0 atom stereocenters. The van der Waals surface area contributed by atoms with Crippen LogP contribution < -0.4 is 10.6 Å². The van der Waals surface area contributed by atoms with Crippen LogP contribution in [0.5, 0.6) is 0 Å². The van der Waals surface area contributed by atoms with Gasteiger partial charge in [-0.2, -0.15) is 0 Å². The minimum absolute atomic E-state index is 0.0625. The Morgan fingerprint density at radius 3 is 2.56 bits per heavy atom. The van der Waals surface area contributed by atoms with Crippen LogP contribution in [-0.4, -0.2) is 12.6 Å². The molecular weight excluding hydrogens is 200 g/mol. The molecule has 1 aromatic rings. The van der Waals surface area contributed by atoms with Gasteiger partial charge in [-0.05, 0) is 31.2 Å². The summed E-state index contributed by atoms with van der Waals surface area (Å²) in [4.78, 5) is 11.4. The maximum atomic E-state index is 11.4. The number of hydrogen-bond donors (Lipinski definition) is 2. The highest BCUT2D eigenvalue weighted by atomic mass is 16.2. The summed E-state index contributed by atoms with van der Waals surface area (Å²) in [5, 5.41) is 5.73. The molecular formula is C13H18N2O. The number of amides is 2. The molecule has 1 saturated carbocycles. The van der Waals surface area contributed by atoms with E-state index in [0.29, 0.717) is 6.54 Å². The lowest BCUT2D eigenvalue weighted by Crippen LogP contribution is -2.36. The largest absolute Gasteiger partial charge is 0.338 e. The SMILES string of the molecule is Cc1ccc(CNC(=O)NCC2CC2)cc1. The van der Waals surface area contributed by atoms with Gasteiger partial charge in [-0.25, -0.2) is 4.79 Å². The molecule has 2 N–H and O–H groups in total. The lowest BCUT2D eigenvalue weighted by Gasteiger charge is -2.07. The highest BCUT2D eigenvalue weighted by Crippen LogP contribution is 2.27. The summed E-state index contributed by atoms with van der Waals surface area (Å²) in [6.07, 6.45) is 2.52. The van der Waals surface area contributed by atoms with E-state index in [0.717, 1.165) is 18.0 Å². The summed E-state index contributed by atoms with van der Waals surface area (Å²) >= 11 is 0. The molecule has 86 valence electrons. The van der Waals surface area contributed by atoms with Crippen molar-refractivity contribution >= 4 is 6.03 Å². The summed E-state index contributed by atoms with van der Waals surface area (Å²) in [5.74, 6) is 0.727. The molecule has 0 aliphatic heterocycles. The van der Waals surface area contributed by atoms with Gasteiger partial charge in [0.1, 0.15) is 0 Å². The number of urea groups is 1. The number of hydrogen-bond acceptors (Lipinski definition) is 1. The molecule has 1 aliphatic rings. The molecule has 0 aromatic heterocycles. The molecule has 0 heterocycles. The van der Waals surface area contributed by atoms with Crippen molar-refractivity contribution in [3.63, 3.8) is 0 Å². The monoisotopic (exact) mass is 218 g/mol. The van der Waals surface area contributed by atoms with Gasteiger partial charge >= 0.3 is 6.03 Å². The van der Waals surface area contributed by atoms with Gasteiger partial charge in [-0.15, -0.1) is 0 Å². The van der Waals surface area contributed by atoms with E-state index in [2.05, 4.69) is 29.7 Å². The van der Waals surface area contributed by atoms with Crippen LogP contribution in [0.4, 0.5) is 4.79 Å². The first-order valence-corrected chi connectivity index (χ1v) is 5.81. The van der Waals surface area contributed by atoms with Crippen molar-refractivity contribution in [1.82, 2.24) is 10.6 Å². The second-order valence-corrected chi connectivity index (χ2v) is 4.49. The lowest BCUT2D eigenvalue weighted by atomic mass is 10.1. The van der Waals surface area contributed by atoms with Crippen molar-refractivity contribution in [2.24, 2.45) is 5.92 Å². The maximum absolute atomic E-state index is 11.4. The topological polar surface area (TPSA) is 41.1 Å². The van der Waals surface area contributed by atoms with E-state index >= 15 is 0 Å². The van der Waals surface area contributed by atoms with Crippen LogP contribution in [0, 0.1) is 12.8 Å². The second-order valence-electron chi connectivity index (χ2n) is 4.49.